The lowest BCUT2D eigenvalue weighted by molar-refractivity contribution is 0.154. The van der Waals surface area contributed by atoms with Crippen LogP contribution in [-0.2, 0) is 6.42 Å². The fraction of sp³-hybridized carbons (Fsp3) is 0.545. The smallest absolute Gasteiger partial charge is 0.411 e. The molecule has 3 atom stereocenters. The van der Waals surface area contributed by atoms with Crippen molar-refractivity contribution in [2.24, 2.45) is 17.8 Å². The summed E-state index contributed by atoms with van der Waals surface area (Å²) in [6.45, 7) is 7.32. The average Bonchev–Trinajstić information content (AvgIpc) is 3.05. The van der Waals surface area contributed by atoms with Crippen molar-refractivity contribution in [2.45, 2.75) is 33.1 Å². The van der Waals surface area contributed by atoms with E-state index in [1.54, 1.807) is 11.3 Å². The fourth-order valence-electron chi connectivity index (χ4n) is 4.51. The summed E-state index contributed by atoms with van der Waals surface area (Å²) in [5.74, 6) is 1.74. The van der Waals surface area contributed by atoms with Gasteiger partial charge in [0.1, 0.15) is 0 Å². The minimum atomic E-state index is -0.881. The van der Waals surface area contributed by atoms with Crippen molar-refractivity contribution in [3.63, 3.8) is 0 Å². The molecule has 0 bridgehead atoms. The number of benzene rings is 1. The van der Waals surface area contributed by atoms with E-state index >= 15 is 0 Å². The first-order valence-corrected chi connectivity index (χ1v) is 11.0. The third kappa shape index (κ3) is 3.94. The summed E-state index contributed by atoms with van der Waals surface area (Å²) < 4.78 is 1.19. The van der Waals surface area contributed by atoms with Gasteiger partial charge in [0, 0.05) is 25.1 Å². The second-order valence-corrected chi connectivity index (χ2v) is 9.72. The van der Waals surface area contributed by atoms with E-state index in [9.17, 15) is 9.90 Å². The van der Waals surface area contributed by atoms with Gasteiger partial charge in [0.15, 0.2) is 0 Å². The molecular formula is C22H29N3O2S. The molecule has 1 aromatic carbocycles. The van der Waals surface area contributed by atoms with Gasteiger partial charge in [-0.2, -0.15) is 0 Å². The normalized spacial score (nSPS) is 26.5. The van der Waals surface area contributed by atoms with Gasteiger partial charge in [-0.25, -0.2) is 9.78 Å². The number of nitrogens with zero attached hydrogens (tertiary/aromatic N) is 3. The van der Waals surface area contributed by atoms with Crippen molar-refractivity contribution >= 4 is 33.3 Å². The van der Waals surface area contributed by atoms with Crippen molar-refractivity contribution in [1.82, 2.24) is 14.8 Å². The summed E-state index contributed by atoms with van der Waals surface area (Å²) >= 11 is 1.78. The van der Waals surface area contributed by atoms with Gasteiger partial charge in [0.05, 0.1) is 20.9 Å². The molecule has 6 heteroatoms. The zero-order valence-corrected chi connectivity index (χ0v) is 17.7. The highest BCUT2D eigenvalue weighted by Gasteiger charge is 2.27. The van der Waals surface area contributed by atoms with Gasteiger partial charge in [-0.15, -0.1) is 11.3 Å². The van der Waals surface area contributed by atoms with Gasteiger partial charge in [0.25, 0.3) is 0 Å². The Bertz CT molecular complexity index is 906. The van der Waals surface area contributed by atoms with Crippen molar-refractivity contribution in [3.8, 4) is 0 Å². The molecule has 0 saturated carbocycles. The lowest BCUT2D eigenvalue weighted by Crippen LogP contribution is -2.37. The molecule has 1 saturated heterocycles. The first-order valence-electron chi connectivity index (χ1n) is 10.2. The third-order valence-corrected chi connectivity index (χ3v) is 7.24. The number of rotatable bonds is 3. The molecule has 0 spiro atoms. The van der Waals surface area contributed by atoms with Gasteiger partial charge in [-0.05, 0) is 56.3 Å². The number of thiazole rings is 1. The summed E-state index contributed by atoms with van der Waals surface area (Å²) in [7, 11) is 2.20. The van der Waals surface area contributed by atoms with Crippen LogP contribution in [0.4, 0.5) is 4.79 Å². The number of carboxylic acid groups (broad SMARTS) is 1. The molecule has 2 aliphatic heterocycles. The zero-order chi connectivity index (χ0) is 19.8. The number of piperidine rings is 1. The SMILES string of the molecule is CC1CN(C)CCC1Cc1nc2cc(C3=CC[C@H](C)CN3C(=O)O)ccc2s1. The third-order valence-electron chi connectivity index (χ3n) is 6.18. The molecule has 4 rings (SSSR count). The molecule has 0 aliphatic carbocycles. The maximum atomic E-state index is 11.7. The summed E-state index contributed by atoms with van der Waals surface area (Å²) in [5, 5.41) is 10.8. The van der Waals surface area contributed by atoms with E-state index in [-0.39, 0.29) is 0 Å². The lowest BCUT2D eigenvalue weighted by Gasteiger charge is -2.34. The largest absolute Gasteiger partial charge is 0.465 e. The van der Waals surface area contributed by atoms with Gasteiger partial charge < -0.3 is 10.0 Å². The van der Waals surface area contributed by atoms with Crippen molar-refractivity contribution in [1.29, 1.82) is 0 Å². The molecule has 150 valence electrons. The van der Waals surface area contributed by atoms with Crippen LogP contribution in [0.5, 0.6) is 0 Å². The molecule has 2 aliphatic rings. The van der Waals surface area contributed by atoms with E-state index in [1.807, 2.05) is 6.07 Å². The molecule has 2 aromatic rings. The number of allylic oxidation sites excluding steroid dienone is 1. The highest BCUT2D eigenvalue weighted by molar-refractivity contribution is 7.18. The van der Waals surface area contributed by atoms with E-state index < -0.39 is 6.09 Å². The first-order chi connectivity index (χ1) is 13.4. The summed E-state index contributed by atoms with van der Waals surface area (Å²) in [5.41, 5.74) is 2.74. The highest BCUT2D eigenvalue weighted by atomic mass is 32.1. The number of fused-ring (bicyclic) bond motifs is 1. The van der Waals surface area contributed by atoms with E-state index in [0.717, 1.165) is 36.2 Å². The van der Waals surface area contributed by atoms with Crippen LogP contribution in [-0.4, -0.2) is 52.7 Å². The van der Waals surface area contributed by atoms with Crippen LogP contribution in [0.15, 0.2) is 24.3 Å². The van der Waals surface area contributed by atoms with Crippen molar-refractivity contribution in [3.05, 3.63) is 34.8 Å². The Morgan fingerprint density at radius 1 is 1.32 bits per heavy atom. The van der Waals surface area contributed by atoms with Crippen LogP contribution < -0.4 is 0 Å². The topological polar surface area (TPSA) is 56.7 Å². The van der Waals surface area contributed by atoms with Crippen LogP contribution in [0.25, 0.3) is 15.9 Å². The van der Waals surface area contributed by atoms with Gasteiger partial charge in [-0.1, -0.05) is 26.0 Å². The van der Waals surface area contributed by atoms with Gasteiger partial charge >= 0.3 is 6.09 Å². The lowest BCUT2D eigenvalue weighted by atomic mass is 9.85. The zero-order valence-electron chi connectivity index (χ0n) is 16.9. The summed E-state index contributed by atoms with van der Waals surface area (Å²) in [6.07, 6.45) is 4.36. The molecule has 3 heterocycles. The number of amides is 1. The van der Waals surface area contributed by atoms with Gasteiger partial charge in [0.2, 0.25) is 0 Å². The molecule has 2 unspecified atom stereocenters. The first kappa shape index (κ1) is 19.4. The predicted molar refractivity (Wildman–Crippen MR) is 115 cm³/mol. The van der Waals surface area contributed by atoms with Crippen LogP contribution in [0.2, 0.25) is 0 Å². The van der Waals surface area contributed by atoms with Crippen LogP contribution in [0, 0.1) is 17.8 Å². The molecule has 0 radical (unpaired) electrons. The number of likely N-dealkylation sites (tertiary alicyclic amines) is 1. The highest BCUT2D eigenvalue weighted by Crippen LogP contribution is 2.33. The fourth-order valence-corrected chi connectivity index (χ4v) is 5.55. The maximum Gasteiger partial charge on any atom is 0.411 e. The Morgan fingerprint density at radius 2 is 2.14 bits per heavy atom. The van der Waals surface area contributed by atoms with Crippen molar-refractivity contribution in [2.75, 3.05) is 26.7 Å². The second kappa shape index (κ2) is 7.84. The monoisotopic (exact) mass is 399 g/mol. The molecule has 1 aromatic heterocycles. The molecule has 1 amide bonds. The van der Waals surface area contributed by atoms with Crippen LogP contribution >= 0.6 is 11.3 Å². The molecule has 1 fully saturated rings. The molecule has 1 N–H and O–H groups in total. The standard InChI is InChI=1S/C22H29N3O2S/c1-14-4-6-19(25(12-14)22(26)27)17-5-7-20-18(10-17)23-21(28-20)11-16-8-9-24(3)13-15(16)2/h5-7,10,14-16H,4,8-9,11-13H2,1-3H3,(H,26,27)/t14-,15?,16?/m0/s1. The Morgan fingerprint density at radius 3 is 2.89 bits per heavy atom. The number of hydrogen-bond donors (Lipinski definition) is 1. The van der Waals surface area contributed by atoms with Gasteiger partial charge in [-0.3, -0.25) is 4.90 Å². The number of carbonyl (C=O) groups is 1. The maximum absolute atomic E-state index is 11.7. The summed E-state index contributed by atoms with van der Waals surface area (Å²) in [6, 6.07) is 6.20. The minimum Gasteiger partial charge on any atom is -0.465 e. The van der Waals surface area contributed by atoms with E-state index in [4.69, 9.17) is 4.98 Å². The Kier molecular flexibility index (Phi) is 5.43. The Hall–Kier alpha value is -1.92. The van der Waals surface area contributed by atoms with E-state index in [2.05, 4.69) is 44.0 Å². The minimum absolute atomic E-state index is 0.353. The van der Waals surface area contributed by atoms with Crippen molar-refractivity contribution < 1.29 is 9.90 Å². The number of aromatic nitrogens is 1. The van der Waals surface area contributed by atoms with Crippen LogP contribution in [0.1, 0.15) is 37.3 Å². The van der Waals surface area contributed by atoms with E-state index in [0.29, 0.717) is 24.3 Å². The molecule has 28 heavy (non-hydrogen) atoms. The number of hydrogen-bond acceptors (Lipinski definition) is 4. The van der Waals surface area contributed by atoms with Crippen LogP contribution in [0.3, 0.4) is 0 Å². The van der Waals surface area contributed by atoms with E-state index in [1.165, 1.54) is 27.6 Å². The average molecular weight is 400 g/mol. The quantitative estimate of drug-likeness (QED) is 0.806. The summed E-state index contributed by atoms with van der Waals surface area (Å²) in [4.78, 5) is 20.5. The molecule has 5 nitrogen and oxygen atoms in total. The predicted octanol–water partition coefficient (Wildman–Crippen LogP) is 4.79. The second-order valence-electron chi connectivity index (χ2n) is 8.61. The Balaban J connectivity index is 1.57. The molecular weight excluding hydrogens is 370 g/mol. The Labute approximate surface area is 170 Å².